The average molecular weight is 369 g/mol. The van der Waals surface area contributed by atoms with E-state index in [0.29, 0.717) is 5.92 Å². The van der Waals surface area contributed by atoms with Crippen LogP contribution in [0.5, 0.6) is 0 Å². The second-order valence-corrected chi connectivity index (χ2v) is 7.51. The lowest BCUT2D eigenvalue weighted by Crippen LogP contribution is -2.30. The van der Waals surface area contributed by atoms with Crippen LogP contribution in [0.2, 0.25) is 0 Å². The van der Waals surface area contributed by atoms with Crippen LogP contribution in [0, 0.1) is 5.92 Å². The van der Waals surface area contributed by atoms with E-state index in [9.17, 15) is 0 Å². The summed E-state index contributed by atoms with van der Waals surface area (Å²) in [7, 11) is 2.15. The van der Waals surface area contributed by atoms with Crippen LogP contribution in [-0.2, 0) is 19.9 Å². The highest BCUT2D eigenvalue weighted by Gasteiger charge is 2.31. The zero-order valence-corrected chi connectivity index (χ0v) is 14.9. The molecule has 118 valence electrons. The Balaban J connectivity index is 1.74. The van der Waals surface area contributed by atoms with Crippen molar-refractivity contribution in [3.05, 3.63) is 69.8 Å². The minimum Gasteiger partial charge on any atom is -0.346 e. The van der Waals surface area contributed by atoms with Crippen molar-refractivity contribution in [1.82, 2.24) is 4.57 Å². The van der Waals surface area contributed by atoms with Crippen LogP contribution in [0.3, 0.4) is 0 Å². The minimum atomic E-state index is 0.107. The quantitative estimate of drug-likeness (QED) is 0.695. The molecular formula is C20H21BrN2. The number of nitrogens with zero attached hydrogens (tertiary/aromatic N) is 1. The Hall–Kier alpha value is -1.58. The molecule has 2 N–H and O–H groups in total. The fraction of sp³-hybridized carbons (Fsp3) is 0.300. The van der Waals surface area contributed by atoms with E-state index in [4.69, 9.17) is 5.73 Å². The molecule has 0 aliphatic heterocycles. The summed E-state index contributed by atoms with van der Waals surface area (Å²) in [6, 6.07) is 17.4. The van der Waals surface area contributed by atoms with E-state index in [1.165, 1.54) is 27.7 Å². The van der Waals surface area contributed by atoms with Gasteiger partial charge in [-0.25, -0.2) is 0 Å². The third-order valence-corrected chi connectivity index (χ3v) is 5.74. The Labute approximate surface area is 145 Å². The summed E-state index contributed by atoms with van der Waals surface area (Å²) in [5.41, 5.74) is 12.2. The van der Waals surface area contributed by atoms with E-state index in [1.54, 1.807) is 0 Å². The molecule has 0 bridgehead atoms. The van der Waals surface area contributed by atoms with Crippen LogP contribution >= 0.6 is 15.9 Å². The Morgan fingerprint density at radius 2 is 1.96 bits per heavy atom. The number of rotatable bonds is 2. The van der Waals surface area contributed by atoms with Crippen molar-refractivity contribution in [2.45, 2.75) is 25.3 Å². The first kappa shape index (κ1) is 15.0. The van der Waals surface area contributed by atoms with Crippen LogP contribution in [0.4, 0.5) is 0 Å². The van der Waals surface area contributed by atoms with Crippen molar-refractivity contribution >= 4 is 26.8 Å². The maximum Gasteiger partial charge on any atom is 0.0484 e. The predicted octanol–water partition coefficient (Wildman–Crippen LogP) is 4.75. The van der Waals surface area contributed by atoms with Gasteiger partial charge in [0.25, 0.3) is 0 Å². The van der Waals surface area contributed by atoms with E-state index < -0.39 is 0 Å². The van der Waals surface area contributed by atoms with Gasteiger partial charge in [0.2, 0.25) is 0 Å². The molecule has 2 nitrogen and oxygen atoms in total. The van der Waals surface area contributed by atoms with E-state index in [-0.39, 0.29) is 6.04 Å². The fourth-order valence-corrected chi connectivity index (χ4v) is 4.44. The minimum absolute atomic E-state index is 0.107. The molecule has 0 fully saturated rings. The summed E-state index contributed by atoms with van der Waals surface area (Å²) >= 11 is 3.60. The number of aromatic nitrogens is 1. The standard InChI is InChI=1S/C20H21BrN2/c1-23-18-10-8-15(21)12-17(18)16-9-7-14(19(22)20(16)23)11-13-5-3-2-4-6-13/h2-6,8,10,12,14,19H,7,9,11,22H2,1H3. The third kappa shape index (κ3) is 2.52. The van der Waals surface area contributed by atoms with E-state index in [0.717, 1.165) is 23.7 Å². The van der Waals surface area contributed by atoms with Gasteiger partial charge in [-0.05, 0) is 54.5 Å². The molecule has 1 aromatic heterocycles. The van der Waals surface area contributed by atoms with Crippen molar-refractivity contribution < 1.29 is 0 Å². The smallest absolute Gasteiger partial charge is 0.0484 e. The largest absolute Gasteiger partial charge is 0.346 e. The molecule has 3 heteroatoms. The molecule has 2 atom stereocenters. The van der Waals surface area contributed by atoms with Crippen LogP contribution in [0.1, 0.15) is 29.3 Å². The van der Waals surface area contributed by atoms with Crippen LogP contribution in [-0.4, -0.2) is 4.57 Å². The lowest BCUT2D eigenvalue weighted by molar-refractivity contribution is 0.365. The topological polar surface area (TPSA) is 30.9 Å². The summed E-state index contributed by atoms with van der Waals surface area (Å²) in [5, 5.41) is 1.35. The molecule has 2 aromatic carbocycles. The third-order valence-electron chi connectivity index (χ3n) is 5.25. The molecule has 0 spiro atoms. The Morgan fingerprint density at radius 1 is 1.17 bits per heavy atom. The summed E-state index contributed by atoms with van der Waals surface area (Å²) in [4.78, 5) is 0. The zero-order valence-electron chi connectivity index (χ0n) is 13.3. The molecule has 0 amide bonds. The average Bonchev–Trinajstić information content (AvgIpc) is 2.84. The molecule has 23 heavy (non-hydrogen) atoms. The number of fused-ring (bicyclic) bond motifs is 3. The molecule has 1 aliphatic rings. The number of hydrogen-bond donors (Lipinski definition) is 1. The molecule has 4 rings (SSSR count). The first-order chi connectivity index (χ1) is 11.1. The van der Waals surface area contributed by atoms with Gasteiger partial charge in [0.15, 0.2) is 0 Å². The predicted molar refractivity (Wildman–Crippen MR) is 99.5 cm³/mol. The summed E-state index contributed by atoms with van der Waals surface area (Å²) in [6.07, 6.45) is 3.34. The lowest BCUT2D eigenvalue weighted by Gasteiger charge is -2.30. The van der Waals surface area contributed by atoms with Crippen molar-refractivity contribution in [1.29, 1.82) is 0 Å². The molecule has 0 saturated carbocycles. The van der Waals surface area contributed by atoms with Gasteiger partial charge >= 0.3 is 0 Å². The van der Waals surface area contributed by atoms with Gasteiger partial charge in [0.1, 0.15) is 0 Å². The molecule has 2 unspecified atom stereocenters. The number of benzene rings is 2. The van der Waals surface area contributed by atoms with Crippen LogP contribution in [0.25, 0.3) is 10.9 Å². The van der Waals surface area contributed by atoms with E-state index in [2.05, 4.69) is 76.1 Å². The van der Waals surface area contributed by atoms with Gasteiger partial charge in [-0.2, -0.15) is 0 Å². The normalized spacial score (nSPS) is 20.7. The summed E-state index contributed by atoms with van der Waals surface area (Å²) < 4.78 is 3.44. The first-order valence-corrected chi connectivity index (χ1v) is 9.00. The van der Waals surface area contributed by atoms with Gasteiger partial charge in [-0.15, -0.1) is 0 Å². The van der Waals surface area contributed by atoms with Gasteiger partial charge < -0.3 is 10.3 Å². The van der Waals surface area contributed by atoms with E-state index >= 15 is 0 Å². The summed E-state index contributed by atoms with van der Waals surface area (Å²) in [6.45, 7) is 0. The van der Waals surface area contributed by atoms with Crippen LogP contribution < -0.4 is 5.73 Å². The van der Waals surface area contributed by atoms with E-state index in [1.807, 2.05) is 0 Å². The summed E-state index contributed by atoms with van der Waals surface area (Å²) in [5.74, 6) is 0.511. The molecule has 1 heterocycles. The van der Waals surface area contributed by atoms with Gasteiger partial charge in [0, 0.05) is 34.2 Å². The molecule has 3 aromatic rings. The first-order valence-electron chi connectivity index (χ1n) is 8.21. The highest BCUT2D eigenvalue weighted by Crippen LogP contribution is 2.40. The Kier molecular flexibility index (Phi) is 3.78. The second kappa shape index (κ2) is 5.81. The SMILES string of the molecule is Cn1c2c(c3cc(Br)ccc31)CCC(Cc1ccccc1)C2N. The maximum atomic E-state index is 6.71. The molecule has 1 aliphatic carbocycles. The van der Waals surface area contributed by atoms with Crippen molar-refractivity contribution in [3.63, 3.8) is 0 Å². The Bertz CT molecular complexity index is 851. The van der Waals surface area contributed by atoms with Gasteiger partial charge in [-0.1, -0.05) is 46.3 Å². The monoisotopic (exact) mass is 368 g/mol. The van der Waals surface area contributed by atoms with Crippen molar-refractivity contribution in [2.24, 2.45) is 18.7 Å². The van der Waals surface area contributed by atoms with Crippen molar-refractivity contribution in [2.75, 3.05) is 0 Å². The highest BCUT2D eigenvalue weighted by atomic mass is 79.9. The number of aryl methyl sites for hydroxylation is 2. The fourth-order valence-electron chi connectivity index (χ4n) is 4.08. The molecule has 0 radical (unpaired) electrons. The maximum absolute atomic E-state index is 6.71. The zero-order chi connectivity index (χ0) is 16.0. The number of halogens is 1. The lowest BCUT2D eigenvalue weighted by atomic mass is 9.80. The van der Waals surface area contributed by atoms with Crippen molar-refractivity contribution in [3.8, 4) is 0 Å². The van der Waals surface area contributed by atoms with Gasteiger partial charge in [-0.3, -0.25) is 0 Å². The van der Waals surface area contributed by atoms with Gasteiger partial charge in [0.05, 0.1) is 0 Å². The Morgan fingerprint density at radius 3 is 2.74 bits per heavy atom. The number of nitrogens with two attached hydrogens (primary N) is 1. The van der Waals surface area contributed by atoms with Crippen LogP contribution in [0.15, 0.2) is 53.0 Å². The highest BCUT2D eigenvalue weighted by molar-refractivity contribution is 9.10. The number of hydrogen-bond acceptors (Lipinski definition) is 1. The second-order valence-electron chi connectivity index (χ2n) is 6.60. The molecular weight excluding hydrogens is 348 g/mol. The molecule has 0 saturated heterocycles.